The SMILES string of the molecule is Nc1nccnc1OCC1CCCC1. The summed E-state index contributed by atoms with van der Waals surface area (Å²) in [4.78, 5) is 7.94. The van der Waals surface area contributed by atoms with E-state index in [1.54, 1.807) is 12.4 Å². The van der Waals surface area contributed by atoms with Crippen molar-refractivity contribution in [2.45, 2.75) is 25.7 Å². The summed E-state index contributed by atoms with van der Waals surface area (Å²) in [5.74, 6) is 1.53. The van der Waals surface area contributed by atoms with Crippen LogP contribution >= 0.6 is 0 Å². The van der Waals surface area contributed by atoms with Crippen LogP contribution in [0, 0.1) is 5.92 Å². The molecule has 76 valence electrons. The van der Waals surface area contributed by atoms with Crippen molar-refractivity contribution in [1.29, 1.82) is 0 Å². The summed E-state index contributed by atoms with van der Waals surface area (Å²) >= 11 is 0. The molecule has 4 nitrogen and oxygen atoms in total. The average molecular weight is 193 g/mol. The van der Waals surface area contributed by atoms with Crippen molar-refractivity contribution in [3.05, 3.63) is 12.4 Å². The van der Waals surface area contributed by atoms with Gasteiger partial charge in [-0.15, -0.1) is 0 Å². The van der Waals surface area contributed by atoms with Gasteiger partial charge in [0.25, 0.3) is 5.88 Å². The minimum Gasteiger partial charge on any atom is -0.475 e. The second-order valence-electron chi connectivity index (χ2n) is 3.71. The Morgan fingerprint density at radius 2 is 2.00 bits per heavy atom. The summed E-state index contributed by atoms with van der Waals surface area (Å²) in [6, 6.07) is 0. The molecule has 2 rings (SSSR count). The lowest BCUT2D eigenvalue weighted by atomic mass is 10.1. The predicted molar refractivity (Wildman–Crippen MR) is 53.9 cm³/mol. The van der Waals surface area contributed by atoms with E-state index in [9.17, 15) is 0 Å². The molecule has 1 aromatic rings. The first-order valence-electron chi connectivity index (χ1n) is 5.05. The molecule has 0 unspecified atom stereocenters. The molecule has 0 radical (unpaired) electrons. The van der Waals surface area contributed by atoms with Gasteiger partial charge in [0.2, 0.25) is 0 Å². The van der Waals surface area contributed by atoms with Crippen LogP contribution in [0.2, 0.25) is 0 Å². The van der Waals surface area contributed by atoms with Crippen molar-refractivity contribution in [1.82, 2.24) is 9.97 Å². The fraction of sp³-hybridized carbons (Fsp3) is 0.600. The highest BCUT2D eigenvalue weighted by atomic mass is 16.5. The van der Waals surface area contributed by atoms with Gasteiger partial charge in [0, 0.05) is 12.4 Å². The second-order valence-corrected chi connectivity index (χ2v) is 3.71. The molecule has 14 heavy (non-hydrogen) atoms. The molecule has 0 atom stereocenters. The number of ether oxygens (including phenoxy) is 1. The molecular formula is C10H15N3O. The summed E-state index contributed by atoms with van der Waals surface area (Å²) in [6.45, 7) is 0.725. The maximum absolute atomic E-state index is 5.61. The van der Waals surface area contributed by atoms with Gasteiger partial charge in [0.15, 0.2) is 5.82 Å². The lowest BCUT2D eigenvalue weighted by molar-refractivity contribution is 0.244. The van der Waals surface area contributed by atoms with Crippen LogP contribution in [0.1, 0.15) is 25.7 Å². The standard InChI is InChI=1S/C10H15N3O/c11-9-10(13-6-5-12-9)14-7-8-3-1-2-4-8/h5-6,8H,1-4,7H2,(H2,11,12). The first kappa shape index (κ1) is 9.24. The average Bonchev–Trinajstić information content (AvgIpc) is 2.69. The van der Waals surface area contributed by atoms with Crippen molar-refractivity contribution in [3.8, 4) is 5.88 Å². The normalized spacial score (nSPS) is 17.1. The largest absolute Gasteiger partial charge is 0.475 e. The maximum atomic E-state index is 5.61. The molecule has 1 aromatic heterocycles. The van der Waals surface area contributed by atoms with Gasteiger partial charge in [0.05, 0.1) is 6.61 Å². The Labute approximate surface area is 83.5 Å². The van der Waals surface area contributed by atoms with Crippen molar-refractivity contribution >= 4 is 5.82 Å². The molecule has 1 heterocycles. The summed E-state index contributed by atoms with van der Waals surface area (Å²) in [6.07, 6.45) is 8.34. The monoisotopic (exact) mass is 193 g/mol. The van der Waals surface area contributed by atoms with Crippen LogP contribution in [0.3, 0.4) is 0 Å². The Morgan fingerprint density at radius 3 is 2.71 bits per heavy atom. The summed E-state index contributed by atoms with van der Waals surface area (Å²) in [5, 5.41) is 0. The zero-order chi connectivity index (χ0) is 9.80. The molecule has 4 heteroatoms. The molecule has 2 N–H and O–H groups in total. The predicted octanol–water partition coefficient (Wildman–Crippen LogP) is 1.63. The molecule has 1 aliphatic rings. The van der Waals surface area contributed by atoms with Crippen LogP contribution in [0.15, 0.2) is 12.4 Å². The second kappa shape index (κ2) is 4.26. The zero-order valence-electron chi connectivity index (χ0n) is 8.15. The lowest BCUT2D eigenvalue weighted by Gasteiger charge is -2.10. The number of nitrogens with zero attached hydrogens (tertiary/aromatic N) is 2. The van der Waals surface area contributed by atoms with E-state index >= 15 is 0 Å². The number of aromatic nitrogens is 2. The van der Waals surface area contributed by atoms with E-state index in [4.69, 9.17) is 10.5 Å². The zero-order valence-corrected chi connectivity index (χ0v) is 8.15. The number of nitrogens with two attached hydrogens (primary N) is 1. The van der Waals surface area contributed by atoms with Gasteiger partial charge >= 0.3 is 0 Å². The van der Waals surface area contributed by atoms with Gasteiger partial charge in [-0.1, -0.05) is 12.8 Å². The third kappa shape index (κ3) is 2.13. The highest BCUT2D eigenvalue weighted by Crippen LogP contribution is 2.25. The van der Waals surface area contributed by atoms with E-state index in [0.29, 0.717) is 17.6 Å². The Kier molecular flexibility index (Phi) is 2.81. The molecule has 1 saturated carbocycles. The molecule has 0 aromatic carbocycles. The van der Waals surface area contributed by atoms with Crippen molar-refractivity contribution in [2.24, 2.45) is 5.92 Å². The van der Waals surface area contributed by atoms with E-state index in [-0.39, 0.29) is 0 Å². The first-order chi connectivity index (χ1) is 6.86. The third-order valence-corrected chi connectivity index (χ3v) is 2.62. The van der Waals surface area contributed by atoms with Gasteiger partial charge in [0.1, 0.15) is 0 Å². The highest BCUT2D eigenvalue weighted by Gasteiger charge is 2.16. The molecule has 0 spiro atoms. The summed E-state index contributed by atoms with van der Waals surface area (Å²) < 4.78 is 5.52. The molecule has 0 saturated heterocycles. The van der Waals surface area contributed by atoms with E-state index in [0.717, 1.165) is 6.61 Å². The van der Waals surface area contributed by atoms with Crippen molar-refractivity contribution in [2.75, 3.05) is 12.3 Å². The number of anilines is 1. The van der Waals surface area contributed by atoms with Crippen LogP contribution < -0.4 is 10.5 Å². The molecule has 1 aliphatic carbocycles. The number of rotatable bonds is 3. The number of hydrogen-bond acceptors (Lipinski definition) is 4. The lowest BCUT2D eigenvalue weighted by Crippen LogP contribution is -2.10. The third-order valence-electron chi connectivity index (χ3n) is 2.62. The molecule has 0 aliphatic heterocycles. The van der Waals surface area contributed by atoms with Gasteiger partial charge in [-0.3, -0.25) is 0 Å². The highest BCUT2D eigenvalue weighted by molar-refractivity contribution is 5.38. The van der Waals surface area contributed by atoms with Crippen LogP contribution in [0.4, 0.5) is 5.82 Å². The quantitative estimate of drug-likeness (QED) is 0.792. The summed E-state index contributed by atoms with van der Waals surface area (Å²) in [5.41, 5.74) is 5.61. The summed E-state index contributed by atoms with van der Waals surface area (Å²) in [7, 11) is 0. The number of hydrogen-bond donors (Lipinski definition) is 1. The van der Waals surface area contributed by atoms with Crippen LogP contribution in [-0.4, -0.2) is 16.6 Å². The van der Waals surface area contributed by atoms with E-state index in [1.165, 1.54) is 25.7 Å². The van der Waals surface area contributed by atoms with Crippen LogP contribution in [0.25, 0.3) is 0 Å². The maximum Gasteiger partial charge on any atom is 0.257 e. The fourth-order valence-electron chi connectivity index (χ4n) is 1.82. The van der Waals surface area contributed by atoms with Gasteiger partial charge < -0.3 is 10.5 Å². The Morgan fingerprint density at radius 1 is 1.29 bits per heavy atom. The van der Waals surface area contributed by atoms with E-state index < -0.39 is 0 Å². The van der Waals surface area contributed by atoms with Gasteiger partial charge in [-0.2, -0.15) is 0 Å². The van der Waals surface area contributed by atoms with Crippen LogP contribution in [0.5, 0.6) is 5.88 Å². The molecule has 1 fully saturated rings. The molecule has 0 bridgehead atoms. The van der Waals surface area contributed by atoms with Crippen LogP contribution in [-0.2, 0) is 0 Å². The first-order valence-corrected chi connectivity index (χ1v) is 5.05. The smallest absolute Gasteiger partial charge is 0.257 e. The molecular weight excluding hydrogens is 178 g/mol. The van der Waals surface area contributed by atoms with E-state index in [2.05, 4.69) is 9.97 Å². The van der Waals surface area contributed by atoms with Crippen molar-refractivity contribution < 1.29 is 4.74 Å². The van der Waals surface area contributed by atoms with E-state index in [1.807, 2.05) is 0 Å². The molecule has 0 amide bonds. The van der Waals surface area contributed by atoms with Gasteiger partial charge in [-0.05, 0) is 18.8 Å². The fourth-order valence-corrected chi connectivity index (χ4v) is 1.82. The Bertz CT molecular complexity index is 297. The topological polar surface area (TPSA) is 61.0 Å². The number of nitrogen functional groups attached to an aromatic ring is 1. The minimum atomic E-state index is 0.380. The van der Waals surface area contributed by atoms with Crippen molar-refractivity contribution in [3.63, 3.8) is 0 Å². The minimum absolute atomic E-state index is 0.380. The Hall–Kier alpha value is -1.32. The van der Waals surface area contributed by atoms with Gasteiger partial charge in [-0.25, -0.2) is 9.97 Å². The Balaban J connectivity index is 1.88.